The van der Waals surface area contributed by atoms with E-state index in [9.17, 15) is 4.79 Å². The lowest BCUT2D eigenvalue weighted by molar-refractivity contribution is 0.396. The molecule has 5 nitrogen and oxygen atoms in total. The third kappa shape index (κ3) is 3.28. The van der Waals surface area contributed by atoms with E-state index >= 15 is 0 Å². The number of halogens is 1. The van der Waals surface area contributed by atoms with Crippen molar-refractivity contribution >= 4 is 17.3 Å². The molecule has 0 spiro atoms. The van der Waals surface area contributed by atoms with E-state index in [0.717, 1.165) is 19.4 Å². The molecule has 1 fully saturated rings. The summed E-state index contributed by atoms with van der Waals surface area (Å²) in [6.45, 7) is 6.95. The normalized spacial score (nSPS) is 23.6. The van der Waals surface area contributed by atoms with Crippen LogP contribution in [0.2, 0.25) is 5.02 Å². The van der Waals surface area contributed by atoms with E-state index in [1.165, 1.54) is 4.68 Å². The molecule has 0 radical (unpaired) electrons. The first-order valence-corrected chi connectivity index (χ1v) is 7.14. The van der Waals surface area contributed by atoms with Crippen LogP contribution in [-0.4, -0.2) is 28.4 Å². The number of nitrogens with zero attached hydrogens (tertiary/aromatic N) is 2. The molecule has 1 aliphatic rings. The average Bonchev–Trinajstić information content (AvgIpc) is 2.35. The Labute approximate surface area is 118 Å². The second-order valence-electron chi connectivity index (χ2n) is 5.44. The highest BCUT2D eigenvalue weighted by Gasteiger charge is 2.20. The summed E-state index contributed by atoms with van der Waals surface area (Å²) in [6, 6.07) is 0.830. The minimum atomic E-state index is -0.233. The molecule has 6 heteroatoms. The predicted molar refractivity (Wildman–Crippen MR) is 78.0 cm³/mol. The molecule has 1 aliphatic heterocycles. The zero-order valence-electron chi connectivity index (χ0n) is 11.6. The van der Waals surface area contributed by atoms with E-state index in [0.29, 0.717) is 17.8 Å². The van der Waals surface area contributed by atoms with Gasteiger partial charge in [-0.3, -0.25) is 4.79 Å². The van der Waals surface area contributed by atoms with Crippen molar-refractivity contribution in [3.8, 4) is 0 Å². The summed E-state index contributed by atoms with van der Waals surface area (Å²) in [4.78, 5) is 12.1. The molecule has 2 rings (SSSR count). The van der Waals surface area contributed by atoms with Gasteiger partial charge in [0.05, 0.1) is 17.9 Å². The van der Waals surface area contributed by atoms with Gasteiger partial charge in [0.1, 0.15) is 5.02 Å². The second kappa shape index (κ2) is 5.92. The van der Waals surface area contributed by atoms with Crippen molar-refractivity contribution in [2.24, 2.45) is 0 Å². The fraction of sp³-hybridized carbons (Fsp3) is 0.692. The van der Waals surface area contributed by atoms with Crippen molar-refractivity contribution in [1.82, 2.24) is 15.1 Å². The number of hydrogen-bond donors (Lipinski definition) is 2. The van der Waals surface area contributed by atoms with Crippen molar-refractivity contribution in [3.05, 3.63) is 21.6 Å². The number of nitrogens with one attached hydrogen (secondary N) is 2. The van der Waals surface area contributed by atoms with Crippen molar-refractivity contribution in [2.75, 3.05) is 11.9 Å². The topological polar surface area (TPSA) is 59.0 Å². The number of hydrogen-bond acceptors (Lipinski definition) is 4. The lowest BCUT2D eigenvalue weighted by Gasteiger charge is -2.29. The molecule has 106 valence electrons. The molecule has 2 atom stereocenters. The van der Waals surface area contributed by atoms with Crippen LogP contribution >= 0.6 is 11.6 Å². The maximum absolute atomic E-state index is 12.1. The standard InChI is InChI=1S/C13H21ClN4O/c1-8(2)18-13(19)12(14)11(7-16-18)17-10-4-5-15-9(3)6-10/h7-10,15,17H,4-6H2,1-3H3. The Morgan fingerprint density at radius 2 is 2.32 bits per heavy atom. The molecule has 0 aliphatic carbocycles. The Hall–Kier alpha value is -1.07. The van der Waals surface area contributed by atoms with Crippen molar-refractivity contribution in [1.29, 1.82) is 0 Å². The molecule has 0 amide bonds. The molecule has 19 heavy (non-hydrogen) atoms. The fourth-order valence-corrected chi connectivity index (χ4v) is 2.59. The molecular weight excluding hydrogens is 264 g/mol. The van der Waals surface area contributed by atoms with Gasteiger partial charge in [0, 0.05) is 12.1 Å². The first-order valence-electron chi connectivity index (χ1n) is 6.76. The van der Waals surface area contributed by atoms with Crippen LogP contribution in [-0.2, 0) is 0 Å². The van der Waals surface area contributed by atoms with E-state index in [4.69, 9.17) is 11.6 Å². The van der Waals surface area contributed by atoms with Gasteiger partial charge in [0.25, 0.3) is 5.56 Å². The zero-order valence-corrected chi connectivity index (χ0v) is 12.4. The molecule has 0 aromatic carbocycles. The van der Waals surface area contributed by atoms with Crippen LogP contribution in [0.15, 0.2) is 11.0 Å². The first kappa shape index (κ1) is 14.3. The van der Waals surface area contributed by atoms with E-state index in [1.54, 1.807) is 6.20 Å². The highest BCUT2D eigenvalue weighted by atomic mass is 35.5. The van der Waals surface area contributed by atoms with Crippen molar-refractivity contribution in [2.45, 2.75) is 51.7 Å². The van der Waals surface area contributed by atoms with Gasteiger partial charge in [-0.2, -0.15) is 5.10 Å². The van der Waals surface area contributed by atoms with Gasteiger partial charge in [-0.1, -0.05) is 11.6 Å². The lowest BCUT2D eigenvalue weighted by Crippen LogP contribution is -2.41. The number of piperidine rings is 1. The minimum Gasteiger partial charge on any atom is -0.380 e. The van der Waals surface area contributed by atoms with Crippen LogP contribution in [0.3, 0.4) is 0 Å². The molecular formula is C13H21ClN4O. The molecule has 2 unspecified atom stereocenters. The Kier molecular flexibility index (Phi) is 4.47. The van der Waals surface area contributed by atoms with Crippen molar-refractivity contribution in [3.63, 3.8) is 0 Å². The maximum Gasteiger partial charge on any atom is 0.287 e. The van der Waals surface area contributed by atoms with Gasteiger partial charge < -0.3 is 10.6 Å². The Balaban J connectivity index is 2.17. The van der Waals surface area contributed by atoms with Gasteiger partial charge in [-0.05, 0) is 40.2 Å². The predicted octanol–water partition coefficient (Wildman–Crippen LogP) is 2.03. The maximum atomic E-state index is 12.1. The average molecular weight is 285 g/mol. The molecule has 1 saturated heterocycles. The van der Waals surface area contributed by atoms with Crippen molar-refractivity contribution < 1.29 is 0 Å². The third-order valence-electron chi connectivity index (χ3n) is 3.42. The van der Waals surface area contributed by atoms with E-state index in [1.807, 2.05) is 13.8 Å². The highest BCUT2D eigenvalue weighted by molar-refractivity contribution is 6.32. The Bertz CT molecular complexity index is 500. The number of anilines is 1. The largest absolute Gasteiger partial charge is 0.380 e. The summed E-state index contributed by atoms with van der Waals surface area (Å²) in [5.74, 6) is 0. The summed E-state index contributed by atoms with van der Waals surface area (Å²) in [7, 11) is 0. The summed E-state index contributed by atoms with van der Waals surface area (Å²) in [5, 5.41) is 11.1. The third-order valence-corrected chi connectivity index (χ3v) is 3.78. The summed E-state index contributed by atoms with van der Waals surface area (Å²) in [6.07, 6.45) is 3.69. The van der Waals surface area contributed by atoms with Crippen LogP contribution in [0.1, 0.15) is 39.7 Å². The first-order chi connectivity index (χ1) is 8.99. The Morgan fingerprint density at radius 3 is 2.95 bits per heavy atom. The summed E-state index contributed by atoms with van der Waals surface area (Å²) in [5.41, 5.74) is 0.409. The monoisotopic (exact) mass is 284 g/mol. The van der Waals surface area contributed by atoms with Crippen LogP contribution in [0.4, 0.5) is 5.69 Å². The van der Waals surface area contributed by atoms with Crippen LogP contribution in [0.5, 0.6) is 0 Å². The van der Waals surface area contributed by atoms with Crippen LogP contribution < -0.4 is 16.2 Å². The van der Waals surface area contributed by atoms with E-state index < -0.39 is 0 Å². The Morgan fingerprint density at radius 1 is 1.58 bits per heavy atom. The zero-order chi connectivity index (χ0) is 14.0. The van der Waals surface area contributed by atoms with E-state index in [2.05, 4.69) is 22.7 Å². The summed E-state index contributed by atoms with van der Waals surface area (Å²) >= 11 is 6.15. The smallest absolute Gasteiger partial charge is 0.287 e. The summed E-state index contributed by atoms with van der Waals surface area (Å²) < 4.78 is 1.40. The molecule has 0 saturated carbocycles. The van der Waals surface area contributed by atoms with Gasteiger partial charge in [0.2, 0.25) is 0 Å². The highest BCUT2D eigenvalue weighted by Crippen LogP contribution is 2.20. The number of aromatic nitrogens is 2. The molecule has 2 N–H and O–H groups in total. The second-order valence-corrected chi connectivity index (χ2v) is 5.81. The molecule has 1 aromatic rings. The molecule has 2 heterocycles. The van der Waals surface area contributed by atoms with Crippen LogP contribution in [0.25, 0.3) is 0 Å². The van der Waals surface area contributed by atoms with Gasteiger partial charge in [-0.25, -0.2) is 4.68 Å². The molecule has 0 bridgehead atoms. The van der Waals surface area contributed by atoms with Gasteiger partial charge >= 0.3 is 0 Å². The van der Waals surface area contributed by atoms with E-state index in [-0.39, 0.29) is 16.6 Å². The van der Waals surface area contributed by atoms with Crippen LogP contribution in [0, 0.1) is 0 Å². The SMILES string of the molecule is CC1CC(Nc2cnn(C(C)C)c(=O)c2Cl)CCN1. The van der Waals surface area contributed by atoms with Gasteiger partial charge in [0.15, 0.2) is 0 Å². The lowest BCUT2D eigenvalue weighted by atomic mass is 10.0. The quantitative estimate of drug-likeness (QED) is 0.892. The molecule has 1 aromatic heterocycles. The van der Waals surface area contributed by atoms with Gasteiger partial charge in [-0.15, -0.1) is 0 Å². The minimum absolute atomic E-state index is 0.0120. The number of rotatable bonds is 3. The fourth-order valence-electron chi connectivity index (χ4n) is 2.40.